The van der Waals surface area contributed by atoms with Crippen LogP contribution < -0.4 is 0 Å². The number of ether oxygens (including phenoxy) is 1. The SMILES string of the molecule is C#CCC(C=CC=CC1C(C)C1C(CC)CCCC(=O)OC)CC. The van der Waals surface area contributed by atoms with Crippen LogP contribution in [0.5, 0.6) is 0 Å². The van der Waals surface area contributed by atoms with Crippen molar-refractivity contribution >= 4 is 5.97 Å². The molecular weight excluding hydrogens is 296 g/mol. The first-order valence-corrected chi connectivity index (χ1v) is 9.44. The molecule has 0 heterocycles. The van der Waals surface area contributed by atoms with Crippen LogP contribution in [0.1, 0.15) is 59.3 Å². The van der Waals surface area contributed by atoms with E-state index in [-0.39, 0.29) is 5.97 Å². The molecule has 0 N–H and O–H groups in total. The number of allylic oxidation sites excluding steroid dienone is 4. The van der Waals surface area contributed by atoms with Gasteiger partial charge >= 0.3 is 5.97 Å². The Kier molecular flexibility index (Phi) is 9.53. The van der Waals surface area contributed by atoms with Gasteiger partial charge in [-0.05, 0) is 48.9 Å². The Morgan fingerprint density at radius 2 is 2.04 bits per heavy atom. The molecule has 0 aromatic heterocycles. The number of carbonyl (C=O) groups excluding carboxylic acids is 1. The van der Waals surface area contributed by atoms with Gasteiger partial charge in [0.05, 0.1) is 7.11 Å². The first-order valence-electron chi connectivity index (χ1n) is 9.44. The third-order valence-corrected chi connectivity index (χ3v) is 5.50. The van der Waals surface area contributed by atoms with E-state index in [1.54, 1.807) is 0 Å². The molecule has 0 amide bonds. The quantitative estimate of drug-likeness (QED) is 0.288. The highest BCUT2D eigenvalue weighted by Gasteiger charge is 2.48. The number of hydrogen-bond acceptors (Lipinski definition) is 2. The summed E-state index contributed by atoms with van der Waals surface area (Å²) in [7, 11) is 1.46. The van der Waals surface area contributed by atoms with Crippen LogP contribution in [0.15, 0.2) is 24.3 Å². The lowest BCUT2D eigenvalue weighted by molar-refractivity contribution is -0.140. The average molecular weight is 331 g/mol. The van der Waals surface area contributed by atoms with Gasteiger partial charge in [-0.15, -0.1) is 12.3 Å². The maximum absolute atomic E-state index is 11.2. The van der Waals surface area contributed by atoms with Gasteiger partial charge in [-0.1, -0.05) is 51.5 Å². The standard InChI is InChI=1S/C22H34O2/c1-6-12-18(7-2)13-9-10-15-20-17(4)22(20)19(8-3)14-11-16-21(23)24-5/h1,9-10,13,15,17-20,22H,7-8,11-12,14,16H2,2-5H3. The Hall–Kier alpha value is -1.49. The predicted octanol–water partition coefficient (Wildman–Crippen LogP) is 5.40. The second-order valence-electron chi connectivity index (χ2n) is 7.00. The van der Waals surface area contributed by atoms with Crippen molar-refractivity contribution in [2.75, 3.05) is 7.11 Å². The van der Waals surface area contributed by atoms with Gasteiger partial charge in [-0.3, -0.25) is 4.79 Å². The first-order chi connectivity index (χ1) is 11.6. The van der Waals surface area contributed by atoms with Gasteiger partial charge in [0, 0.05) is 12.8 Å². The zero-order valence-electron chi connectivity index (χ0n) is 15.8. The molecule has 24 heavy (non-hydrogen) atoms. The Balaban J connectivity index is 2.42. The topological polar surface area (TPSA) is 26.3 Å². The van der Waals surface area contributed by atoms with Crippen LogP contribution in [0.4, 0.5) is 0 Å². The fourth-order valence-electron chi connectivity index (χ4n) is 3.77. The van der Waals surface area contributed by atoms with Crippen molar-refractivity contribution in [3.63, 3.8) is 0 Å². The molecule has 5 unspecified atom stereocenters. The summed E-state index contributed by atoms with van der Waals surface area (Å²) >= 11 is 0. The van der Waals surface area contributed by atoms with Gasteiger partial charge < -0.3 is 4.74 Å². The minimum atomic E-state index is -0.0901. The predicted molar refractivity (Wildman–Crippen MR) is 101 cm³/mol. The van der Waals surface area contributed by atoms with Crippen LogP contribution >= 0.6 is 0 Å². The van der Waals surface area contributed by atoms with E-state index in [1.165, 1.54) is 13.5 Å². The summed E-state index contributed by atoms with van der Waals surface area (Å²) in [6.07, 6.45) is 20.0. The molecule has 5 atom stereocenters. The van der Waals surface area contributed by atoms with E-state index in [9.17, 15) is 4.79 Å². The van der Waals surface area contributed by atoms with Gasteiger partial charge in [0.1, 0.15) is 0 Å². The van der Waals surface area contributed by atoms with Crippen LogP contribution in [-0.4, -0.2) is 13.1 Å². The summed E-state index contributed by atoms with van der Waals surface area (Å²) in [5, 5.41) is 0. The van der Waals surface area contributed by atoms with Crippen molar-refractivity contribution in [1.29, 1.82) is 0 Å². The van der Waals surface area contributed by atoms with Crippen molar-refractivity contribution < 1.29 is 9.53 Å². The van der Waals surface area contributed by atoms with Crippen LogP contribution in [0.2, 0.25) is 0 Å². The van der Waals surface area contributed by atoms with Gasteiger partial charge in [0.15, 0.2) is 0 Å². The van der Waals surface area contributed by atoms with E-state index in [0.717, 1.165) is 37.5 Å². The monoisotopic (exact) mass is 330 g/mol. The Labute approximate surface area is 148 Å². The molecule has 2 heteroatoms. The lowest BCUT2D eigenvalue weighted by Gasteiger charge is -2.14. The molecule has 134 valence electrons. The van der Waals surface area contributed by atoms with Crippen LogP contribution in [0.3, 0.4) is 0 Å². The third-order valence-electron chi connectivity index (χ3n) is 5.50. The normalized spacial score (nSPS) is 25.5. The van der Waals surface area contributed by atoms with E-state index in [0.29, 0.717) is 24.2 Å². The van der Waals surface area contributed by atoms with Crippen molar-refractivity contribution in [3.8, 4) is 12.3 Å². The molecule has 0 aromatic carbocycles. The molecule has 0 saturated heterocycles. The maximum Gasteiger partial charge on any atom is 0.305 e. The van der Waals surface area contributed by atoms with Crippen molar-refractivity contribution in [2.45, 2.75) is 59.3 Å². The van der Waals surface area contributed by atoms with E-state index in [1.807, 2.05) is 0 Å². The fraction of sp³-hybridized carbons (Fsp3) is 0.682. The molecule has 0 aromatic rings. The van der Waals surface area contributed by atoms with Gasteiger partial charge in [-0.2, -0.15) is 0 Å². The highest BCUT2D eigenvalue weighted by Crippen LogP contribution is 2.53. The second-order valence-corrected chi connectivity index (χ2v) is 7.00. The number of terminal acetylenes is 1. The summed E-state index contributed by atoms with van der Waals surface area (Å²) < 4.78 is 4.73. The van der Waals surface area contributed by atoms with Crippen molar-refractivity contribution in [2.24, 2.45) is 29.6 Å². The zero-order chi connectivity index (χ0) is 17.9. The lowest BCUT2D eigenvalue weighted by atomic mass is 9.92. The highest BCUT2D eigenvalue weighted by atomic mass is 16.5. The number of rotatable bonds is 11. The molecule has 1 rings (SSSR count). The van der Waals surface area contributed by atoms with E-state index in [4.69, 9.17) is 11.2 Å². The Bertz CT molecular complexity index is 469. The minimum Gasteiger partial charge on any atom is -0.469 e. The van der Waals surface area contributed by atoms with E-state index < -0.39 is 0 Å². The number of hydrogen-bond donors (Lipinski definition) is 0. The molecule has 0 radical (unpaired) electrons. The summed E-state index contributed by atoms with van der Waals surface area (Å²) in [4.78, 5) is 11.2. The lowest BCUT2D eigenvalue weighted by Crippen LogP contribution is -2.06. The second kappa shape index (κ2) is 11.1. The van der Waals surface area contributed by atoms with Gasteiger partial charge in [0.25, 0.3) is 0 Å². The van der Waals surface area contributed by atoms with E-state index >= 15 is 0 Å². The van der Waals surface area contributed by atoms with Crippen molar-refractivity contribution in [1.82, 2.24) is 0 Å². The van der Waals surface area contributed by atoms with Crippen molar-refractivity contribution in [3.05, 3.63) is 24.3 Å². The molecule has 1 aliphatic rings. The summed E-state index contributed by atoms with van der Waals surface area (Å²) in [6.45, 7) is 6.79. The fourth-order valence-corrected chi connectivity index (χ4v) is 3.77. The summed E-state index contributed by atoms with van der Waals surface area (Å²) in [6, 6.07) is 0. The van der Waals surface area contributed by atoms with Crippen LogP contribution in [0.25, 0.3) is 0 Å². The first kappa shape index (κ1) is 20.6. The summed E-state index contributed by atoms with van der Waals surface area (Å²) in [5.74, 6) is 6.07. The average Bonchev–Trinajstić information content (AvgIpc) is 3.23. The Morgan fingerprint density at radius 3 is 2.62 bits per heavy atom. The molecule has 1 saturated carbocycles. The van der Waals surface area contributed by atoms with Crippen LogP contribution in [-0.2, 0) is 9.53 Å². The number of esters is 1. The van der Waals surface area contributed by atoms with E-state index in [2.05, 4.69) is 51.0 Å². The maximum atomic E-state index is 11.2. The third kappa shape index (κ3) is 6.56. The smallest absolute Gasteiger partial charge is 0.305 e. The molecule has 0 aliphatic heterocycles. The molecule has 1 fully saturated rings. The number of carbonyl (C=O) groups is 1. The molecule has 0 bridgehead atoms. The summed E-state index contributed by atoms with van der Waals surface area (Å²) in [5.41, 5.74) is 0. The largest absolute Gasteiger partial charge is 0.469 e. The zero-order valence-corrected chi connectivity index (χ0v) is 15.8. The molecule has 2 nitrogen and oxygen atoms in total. The number of methoxy groups -OCH3 is 1. The molecule has 1 aliphatic carbocycles. The van der Waals surface area contributed by atoms with Crippen LogP contribution in [0, 0.1) is 41.9 Å². The Morgan fingerprint density at radius 1 is 1.29 bits per heavy atom. The molecular formula is C22H34O2. The van der Waals surface area contributed by atoms with Gasteiger partial charge in [0.2, 0.25) is 0 Å². The van der Waals surface area contributed by atoms with Gasteiger partial charge in [-0.25, -0.2) is 0 Å². The molecule has 0 spiro atoms. The highest BCUT2D eigenvalue weighted by molar-refractivity contribution is 5.68. The minimum absolute atomic E-state index is 0.0901.